The summed E-state index contributed by atoms with van der Waals surface area (Å²) in [5, 5.41) is 18.4. The van der Waals surface area contributed by atoms with E-state index in [-0.39, 0.29) is 6.04 Å². The van der Waals surface area contributed by atoms with Gasteiger partial charge in [-0.3, -0.25) is 5.10 Å². The molecule has 3 rings (SSSR count). The van der Waals surface area contributed by atoms with Crippen molar-refractivity contribution in [2.24, 2.45) is 0 Å². The number of carboxylic acid groups (broad SMARTS) is 1. The highest BCUT2D eigenvalue weighted by Crippen LogP contribution is 2.22. The van der Waals surface area contributed by atoms with Crippen LogP contribution in [0.4, 0.5) is 13.2 Å². The van der Waals surface area contributed by atoms with Crippen molar-refractivity contribution in [1.29, 1.82) is 0 Å². The number of pyridine rings is 1. The minimum Gasteiger partial charge on any atom is -0.475 e. The van der Waals surface area contributed by atoms with Crippen molar-refractivity contribution >= 4 is 17.6 Å². The van der Waals surface area contributed by atoms with E-state index >= 15 is 0 Å². The number of H-pyrrole nitrogens is 1. The van der Waals surface area contributed by atoms with E-state index in [1.807, 2.05) is 36.5 Å². The standard InChI is InChI=1S/C17H17ClN4.C2HF3O2/c1-12(14-7-8-19-16(18)9-14)20-10-15-11-21-22-17(15)13-5-3-2-4-6-13;3-2(4,5)1(6)7/h2-9,11-12,20H,10H2,1H3,(H,21,22);(H,6,7). The number of aromatic nitrogens is 3. The predicted octanol–water partition coefficient (Wildman–Crippen LogP) is 4.61. The van der Waals surface area contributed by atoms with E-state index in [9.17, 15) is 13.2 Å². The fraction of sp³-hybridized carbons (Fsp3) is 0.211. The van der Waals surface area contributed by atoms with Crippen LogP contribution < -0.4 is 5.32 Å². The Hall–Kier alpha value is -2.91. The molecule has 0 aliphatic rings. The number of alkyl halides is 3. The molecule has 1 aromatic carbocycles. The Morgan fingerprint density at radius 2 is 1.93 bits per heavy atom. The molecule has 3 aromatic rings. The Bertz CT molecular complexity index is 932. The van der Waals surface area contributed by atoms with Crippen LogP contribution in [0.25, 0.3) is 11.3 Å². The SMILES string of the molecule is CC(NCc1cn[nH]c1-c1ccccc1)c1ccnc(Cl)c1.O=C(O)C(F)(F)F. The van der Waals surface area contributed by atoms with Crippen LogP contribution in [0.1, 0.15) is 24.1 Å². The molecule has 0 amide bonds. The summed E-state index contributed by atoms with van der Waals surface area (Å²) >= 11 is 5.94. The average molecular weight is 427 g/mol. The maximum atomic E-state index is 10.6. The molecule has 0 fully saturated rings. The summed E-state index contributed by atoms with van der Waals surface area (Å²) in [6.07, 6.45) is -1.50. The van der Waals surface area contributed by atoms with E-state index in [0.29, 0.717) is 5.15 Å². The monoisotopic (exact) mass is 426 g/mol. The largest absolute Gasteiger partial charge is 0.490 e. The third-order valence-electron chi connectivity index (χ3n) is 3.87. The van der Waals surface area contributed by atoms with Gasteiger partial charge < -0.3 is 10.4 Å². The number of nitrogens with zero attached hydrogens (tertiary/aromatic N) is 2. The van der Waals surface area contributed by atoms with E-state index in [1.165, 1.54) is 0 Å². The molecule has 6 nitrogen and oxygen atoms in total. The van der Waals surface area contributed by atoms with Gasteiger partial charge in [0.15, 0.2) is 0 Å². The van der Waals surface area contributed by atoms with Crippen molar-refractivity contribution < 1.29 is 23.1 Å². The number of carbonyl (C=O) groups is 1. The molecule has 29 heavy (non-hydrogen) atoms. The molecule has 0 saturated carbocycles. The highest BCUT2D eigenvalue weighted by atomic mass is 35.5. The van der Waals surface area contributed by atoms with Crippen LogP contribution in [0, 0.1) is 0 Å². The van der Waals surface area contributed by atoms with E-state index in [4.69, 9.17) is 21.5 Å². The number of carboxylic acids is 1. The van der Waals surface area contributed by atoms with Crippen LogP contribution in [0.3, 0.4) is 0 Å². The molecule has 0 aliphatic heterocycles. The number of aliphatic carboxylic acids is 1. The first kappa shape index (κ1) is 22.4. The van der Waals surface area contributed by atoms with Gasteiger partial charge in [-0.1, -0.05) is 41.9 Å². The quantitative estimate of drug-likeness (QED) is 0.518. The van der Waals surface area contributed by atoms with Gasteiger partial charge in [0, 0.05) is 24.3 Å². The summed E-state index contributed by atoms with van der Waals surface area (Å²) in [7, 11) is 0. The first-order chi connectivity index (χ1) is 13.7. The maximum absolute atomic E-state index is 10.6. The molecule has 0 spiro atoms. The maximum Gasteiger partial charge on any atom is 0.490 e. The number of hydrogen-bond acceptors (Lipinski definition) is 4. The second-order valence-electron chi connectivity index (χ2n) is 5.95. The van der Waals surface area contributed by atoms with Crippen molar-refractivity contribution in [2.45, 2.75) is 25.7 Å². The van der Waals surface area contributed by atoms with Gasteiger partial charge in [0.05, 0.1) is 11.9 Å². The highest BCUT2D eigenvalue weighted by molar-refractivity contribution is 6.29. The van der Waals surface area contributed by atoms with Gasteiger partial charge in [-0.05, 0) is 30.2 Å². The summed E-state index contributed by atoms with van der Waals surface area (Å²) in [5.74, 6) is -2.76. The molecule has 0 bridgehead atoms. The lowest BCUT2D eigenvalue weighted by Gasteiger charge is -2.14. The summed E-state index contributed by atoms with van der Waals surface area (Å²) in [4.78, 5) is 12.9. The summed E-state index contributed by atoms with van der Waals surface area (Å²) in [5.41, 5.74) is 4.44. The predicted molar refractivity (Wildman–Crippen MR) is 102 cm³/mol. The lowest BCUT2D eigenvalue weighted by atomic mass is 10.1. The number of hydrogen-bond donors (Lipinski definition) is 3. The molecule has 2 aromatic heterocycles. The molecule has 10 heteroatoms. The van der Waals surface area contributed by atoms with Crippen LogP contribution in [0.15, 0.2) is 54.9 Å². The molecule has 2 heterocycles. The summed E-state index contributed by atoms with van der Waals surface area (Å²) in [6, 6.07) is 14.2. The number of nitrogens with one attached hydrogen (secondary N) is 2. The van der Waals surface area contributed by atoms with Crippen LogP contribution >= 0.6 is 11.6 Å². The van der Waals surface area contributed by atoms with Crippen molar-refractivity contribution in [1.82, 2.24) is 20.5 Å². The van der Waals surface area contributed by atoms with Crippen LogP contribution in [-0.4, -0.2) is 32.4 Å². The van der Waals surface area contributed by atoms with E-state index in [2.05, 4.69) is 39.6 Å². The van der Waals surface area contributed by atoms with Gasteiger partial charge in [0.2, 0.25) is 0 Å². The Morgan fingerprint density at radius 3 is 2.52 bits per heavy atom. The number of rotatable bonds is 5. The Kier molecular flexibility index (Phi) is 7.74. The Balaban J connectivity index is 0.000000370. The molecule has 0 aliphatic carbocycles. The van der Waals surface area contributed by atoms with Gasteiger partial charge in [0.1, 0.15) is 5.15 Å². The molecule has 0 radical (unpaired) electrons. The fourth-order valence-electron chi connectivity index (χ4n) is 2.37. The van der Waals surface area contributed by atoms with E-state index in [1.54, 1.807) is 6.20 Å². The van der Waals surface area contributed by atoms with Crippen molar-refractivity contribution in [2.75, 3.05) is 0 Å². The zero-order valence-corrected chi connectivity index (χ0v) is 16.0. The molecule has 0 saturated heterocycles. The molecule has 154 valence electrons. The van der Waals surface area contributed by atoms with Gasteiger partial charge in [-0.2, -0.15) is 18.3 Å². The van der Waals surface area contributed by atoms with Gasteiger partial charge in [0.25, 0.3) is 0 Å². The fourth-order valence-corrected chi connectivity index (χ4v) is 2.55. The normalized spacial score (nSPS) is 12.0. The van der Waals surface area contributed by atoms with Gasteiger partial charge >= 0.3 is 12.1 Å². The second kappa shape index (κ2) is 10.0. The summed E-state index contributed by atoms with van der Waals surface area (Å²) < 4.78 is 31.7. The zero-order chi connectivity index (χ0) is 21.4. The average Bonchev–Trinajstić information content (AvgIpc) is 3.15. The van der Waals surface area contributed by atoms with Crippen LogP contribution in [-0.2, 0) is 11.3 Å². The van der Waals surface area contributed by atoms with Gasteiger partial charge in [-0.25, -0.2) is 9.78 Å². The van der Waals surface area contributed by atoms with Crippen LogP contribution in [0.2, 0.25) is 5.15 Å². The Morgan fingerprint density at radius 1 is 1.28 bits per heavy atom. The highest BCUT2D eigenvalue weighted by Gasteiger charge is 2.38. The number of benzene rings is 1. The third-order valence-corrected chi connectivity index (χ3v) is 4.08. The first-order valence-electron chi connectivity index (χ1n) is 8.41. The number of halogens is 4. The number of aromatic amines is 1. The molecule has 1 atom stereocenters. The topological polar surface area (TPSA) is 90.9 Å². The smallest absolute Gasteiger partial charge is 0.475 e. The van der Waals surface area contributed by atoms with Crippen molar-refractivity contribution in [3.63, 3.8) is 0 Å². The molecular weight excluding hydrogens is 409 g/mol. The van der Waals surface area contributed by atoms with Crippen LogP contribution in [0.5, 0.6) is 0 Å². The van der Waals surface area contributed by atoms with Gasteiger partial charge in [-0.15, -0.1) is 0 Å². The molecular formula is C19H18ClF3N4O2. The lowest BCUT2D eigenvalue weighted by Crippen LogP contribution is -2.21. The van der Waals surface area contributed by atoms with Crippen molar-refractivity contribution in [3.05, 3.63) is 71.1 Å². The molecule has 1 unspecified atom stereocenters. The Labute approximate surface area is 169 Å². The molecule has 3 N–H and O–H groups in total. The summed E-state index contributed by atoms with van der Waals surface area (Å²) in [6.45, 7) is 2.83. The minimum atomic E-state index is -5.08. The zero-order valence-electron chi connectivity index (χ0n) is 15.2. The second-order valence-corrected chi connectivity index (χ2v) is 6.34. The minimum absolute atomic E-state index is 0.180. The third kappa shape index (κ3) is 6.88. The van der Waals surface area contributed by atoms with E-state index < -0.39 is 12.1 Å². The first-order valence-corrected chi connectivity index (χ1v) is 8.79. The van der Waals surface area contributed by atoms with E-state index in [0.717, 1.165) is 28.9 Å². The van der Waals surface area contributed by atoms with Crippen molar-refractivity contribution in [3.8, 4) is 11.3 Å². The lowest BCUT2D eigenvalue weighted by molar-refractivity contribution is -0.192.